The lowest BCUT2D eigenvalue weighted by Crippen LogP contribution is -2.25. The minimum Gasteiger partial charge on any atom is -0.310 e. The summed E-state index contributed by atoms with van der Waals surface area (Å²) in [5.41, 5.74) is 4.16. The van der Waals surface area contributed by atoms with E-state index in [-0.39, 0.29) is 6.04 Å². The molecule has 2 heterocycles. The van der Waals surface area contributed by atoms with Gasteiger partial charge >= 0.3 is 0 Å². The van der Waals surface area contributed by atoms with Gasteiger partial charge in [0.15, 0.2) is 0 Å². The fourth-order valence-corrected chi connectivity index (χ4v) is 2.52. The summed E-state index contributed by atoms with van der Waals surface area (Å²) in [7, 11) is 0. The van der Waals surface area contributed by atoms with E-state index in [1.165, 1.54) is 5.56 Å². The Morgan fingerprint density at radius 1 is 1.29 bits per heavy atom. The first-order valence-electron chi connectivity index (χ1n) is 7.24. The Labute approximate surface area is 131 Å². The van der Waals surface area contributed by atoms with Crippen LogP contribution in [0, 0.1) is 13.8 Å². The number of pyridine rings is 1. The van der Waals surface area contributed by atoms with Crippen molar-refractivity contribution < 1.29 is 0 Å². The standard InChI is InChI=1S/C16H21ClN4/c1-4-6-19-16(9-13-5-7-18-10-15(13)17)14-8-11(2)20-21-12(14)3/h5,7-8,10,16,19H,4,6,9H2,1-3H3. The van der Waals surface area contributed by atoms with Crippen LogP contribution in [0.3, 0.4) is 0 Å². The maximum absolute atomic E-state index is 6.24. The normalized spacial score (nSPS) is 12.4. The topological polar surface area (TPSA) is 50.7 Å². The Morgan fingerprint density at radius 2 is 2.10 bits per heavy atom. The van der Waals surface area contributed by atoms with Crippen LogP contribution in [-0.4, -0.2) is 21.7 Å². The molecule has 1 N–H and O–H groups in total. The monoisotopic (exact) mass is 304 g/mol. The second-order valence-corrected chi connectivity index (χ2v) is 5.61. The van der Waals surface area contributed by atoms with Crippen LogP contribution < -0.4 is 5.32 Å². The molecule has 0 aliphatic heterocycles. The van der Waals surface area contributed by atoms with Crippen molar-refractivity contribution in [3.8, 4) is 0 Å². The zero-order chi connectivity index (χ0) is 15.2. The number of nitrogens with one attached hydrogen (secondary N) is 1. The van der Waals surface area contributed by atoms with Gasteiger partial charge < -0.3 is 5.32 Å². The van der Waals surface area contributed by atoms with Gasteiger partial charge in [0.25, 0.3) is 0 Å². The Bertz CT molecular complexity index is 601. The molecule has 1 unspecified atom stereocenters. The first-order valence-corrected chi connectivity index (χ1v) is 7.62. The fraction of sp³-hybridized carbons (Fsp3) is 0.438. The van der Waals surface area contributed by atoms with Crippen LogP contribution in [-0.2, 0) is 6.42 Å². The molecule has 5 heteroatoms. The van der Waals surface area contributed by atoms with Gasteiger partial charge in [-0.05, 0) is 56.5 Å². The van der Waals surface area contributed by atoms with Crippen LogP contribution in [0.4, 0.5) is 0 Å². The maximum Gasteiger partial charge on any atom is 0.0648 e. The highest BCUT2D eigenvalue weighted by Crippen LogP contribution is 2.24. The zero-order valence-corrected chi connectivity index (χ0v) is 13.5. The van der Waals surface area contributed by atoms with E-state index >= 15 is 0 Å². The summed E-state index contributed by atoms with van der Waals surface area (Å²) >= 11 is 6.24. The third-order valence-electron chi connectivity index (χ3n) is 3.44. The van der Waals surface area contributed by atoms with Crippen molar-refractivity contribution in [3.63, 3.8) is 0 Å². The summed E-state index contributed by atoms with van der Waals surface area (Å²) < 4.78 is 0. The minimum absolute atomic E-state index is 0.180. The zero-order valence-electron chi connectivity index (χ0n) is 12.7. The molecule has 2 aromatic heterocycles. The van der Waals surface area contributed by atoms with Gasteiger partial charge in [0.2, 0.25) is 0 Å². The molecule has 2 rings (SSSR count). The molecule has 0 radical (unpaired) electrons. The SMILES string of the molecule is CCCNC(Cc1ccncc1Cl)c1cc(C)nnc1C. The summed E-state index contributed by atoms with van der Waals surface area (Å²) in [5, 5.41) is 12.6. The van der Waals surface area contributed by atoms with E-state index in [4.69, 9.17) is 11.6 Å². The van der Waals surface area contributed by atoms with Crippen LogP contribution >= 0.6 is 11.6 Å². The average Bonchev–Trinajstić information content (AvgIpc) is 2.48. The van der Waals surface area contributed by atoms with E-state index in [0.717, 1.165) is 36.3 Å². The van der Waals surface area contributed by atoms with Crippen LogP contribution in [0.2, 0.25) is 5.02 Å². The molecular weight excluding hydrogens is 284 g/mol. The number of hydrogen-bond acceptors (Lipinski definition) is 4. The summed E-state index contributed by atoms with van der Waals surface area (Å²) in [6, 6.07) is 4.25. The summed E-state index contributed by atoms with van der Waals surface area (Å²) in [4.78, 5) is 4.04. The van der Waals surface area contributed by atoms with Crippen LogP contribution in [0.5, 0.6) is 0 Å². The molecule has 21 heavy (non-hydrogen) atoms. The van der Waals surface area contributed by atoms with E-state index in [1.54, 1.807) is 12.4 Å². The van der Waals surface area contributed by atoms with Crippen LogP contribution in [0.25, 0.3) is 0 Å². The third kappa shape index (κ3) is 4.22. The highest BCUT2D eigenvalue weighted by molar-refractivity contribution is 6.31. The highest BCUT2D eigenvalue weighted by Gasteiger charge is 2.16. The van der Waals surface area contributed by atoms with Crippen molar-refractivity contribution >= 4 is 11.6 Å². The number of rotatable bonds is 6. The number of halogens is 1. The van der Waals surface area contributed by atoms with Gasteiger partial charge in [0.05, 0.1) is 16.4 Å². The van der Waals surface area contributed by atoms with Crippen molar-refractivity contribution in [2.24, 2.45) is 0 Å². The number of hydrogen-bond donors (Lipinski definition) is 1. The molecule has 4 nitrogen and oxygen atoms in total. The fourth-order valence-electron chi connectivity index (χ4n) is 2.32. The predicted octanol–water partition coefficient (Wildman–Crippen LogP) is 3.43. The molecule has 0 fully saturated rings. The maximum atomic E-state index is 6.24. The first-order chi connectivity index (χ1) is 10.1. The van der Waals surface area contributed by atoms with Gasteiger partial charge in [-0.3, -0.25) is 4.98 Å². The summed E-state index contributed by atoms with van der Waals surface area (Å²) in [6.07, 6.45) is 5.36. The third-order valence-corrected chi connectivity index (χ3v) is 3.78. The number of nitrogens with zero attached hydrogens (tertiary/aromatic N) is 3. The Kier molecular flexibility index (Phi) is 5.65. The lowest BCUT2D eigenvalue weighted by molar-refractivity contribution is 0.523. The molecule has 0 aromatic carbocycles. The van der Waals surface area contributed by atoms with Crippen molar-refractivity contribution in [2.45, 2.75) is 39.7 Å². The molecule has 1 atom stereocenters. The number of aryl methyl sites for hydroxylation is 2. The van der Waals surface area contributed by atoms with Gasteiger partial charge in [-0.15, -0.1) is 0 Å². The van der Waals surface area contributed by atoms with Gasteiger partial charge in [-0.25, -0.2) is 0 Å². The van der Waals surface area contributed by atoms with Crippen LogP contribution in [0.15, 0.2) is 24.5 Å². The molecule has 0 aliphatic carbocycles. The first kappa shape index (κ1) is 15.9. The Morgan fingerprint density at radius 3 is 2.81 bits per heavy atom. The van der Waals surface area contributed by atoms with Crippen molar-refractivity contribution in [2.75, 3.05) is 6.54 Å². The molecule has 112 valence electrons. The largest absolute Gasteiger partial charge is 0.310 e. The molecular formula is C16H21ClN4. The van der Waals surface area contributed by atoms with Crippen molar-refractivity contribution in [1.82, 2.24) is 20.5 Å². The van der Waals surface area contributed by atoms with Gasteiger partial charge in [-0.1, -0.05) is 18.5 Å². The Balaban J connectivity index is 2.30. The van der Waals surface area contributed by atoms with E-state index in [2.05, 4.69) is 33.5 Å². The second-order valence-electron chi connectivity index (χ2n) is 5.20. The predicted molar refractivity (Wildman–Crippen MR) is 85.5 cm³/mol. The van der Waals surface area contributed by atoms with Gasteiger partial charge in [0, 0.05) is 18.4 Å². The lowest BCUT2D eigenvalue weighted by atomic mass is 9.98. The molecule has 2 aromatic rings. The molecule has 0 amide bonds. The summed E-state index contributed by atoms with van der Waals surface area (Å²) in [5.74, 6) is 0. The van der Waals surface area contributed by atoms with Crippen molar-refractivity contribution in [3.05, 3.63) is 52.1 Å². The lowest BCUT2D eigenvalue weighted by Gasteiger charge is -2.21. The molecule has 0 spiro atoms. The molecule has 0 saturated carbocycles. The Hall–Kier alpha value is -1.52. The van der Waals surface area contributed by atoms with Gasteiger partial charge in [0.1, 0.15) is 0 Å². The van der Waals surface area contributed by atoms with Crippen LogP contribution in [0.1, 0.15) is 41.9 Å². The molecule has 0 saturated heterocycles. The van der Waals surface area contributed by atoms with E-state index in [1.807, 2.05) is 19.9 Å². The van der Waals surface area contributed by atoms with E-state index in [9.17, 15) is 0 Å². The molecule has 0 aliphatic rings. The van der Waals surface area contributed by atoms with Gasteiger partial charge in [-0.2, -0.15) is 10.2 Å². The number of aromatic nitrogens is 3. The van der Waals surface area contributed by atoms with E-state index < -0.39 is 0 Å². The second kappa shape index (κ2) is 7.48. The minimum atomic E-state index is 0.180. The summed E-state index contributed by atoms with van der Waals surface area (Å²) in [6.45, 7) is 7.07. The van der Waals surface area contributed by atoms with E-state index in [0.29, 0.717) is 5.02 Å². The highest BCUT2D eigenvalue weighted by atomic mass is 35.5. The van der Waals surface area contributed by atoms with Crippen molar-refractivity contribution in [1.29, 1.82) is 0 Å². The average molecular weight is 305 g/mol. The quantitative estimate of drug-likeness (QED) is 0.888. The molecule has 0 bridgehead atoms. The smallest absolute Gasteiger partial charge is 0.0648 e.